The van der Waals surface area contributed by atoms with Gasteiger partial charge in [-0.25, -0.2) is 0 Å². The first-order valence-electron chi connectivity index (χ1n) is 8.08. The molecule has 1 aliphatic rings. The fraction of sp³-hybridized carbons (Fsp3) is 0.368. The topological polar surface area (TPSA) is 57.6 Å². The van der Waals surface area contributed by atoms with Gasteiger partial charge < -0.3 is 10.0 Å². The van der Waals surface area contributed by atoms with Gasteiger partial charge in [0.2, 0.25) is 0 Å². The lowest BCUT2D eigenvalue weighted by atomic mass is 9.72. The van der Waals surface area contributed by atoms with Gasteiger partial charge in [0.1, 0.15) is 0 Å². The number of hydrogen-bond donors (Lipinski definition) is 1. The van der Waals surface area contributed by atoms with Crippen LogP contribution in [-0.2, 0) is 10.2 Å². The van der Waals surface area contributed by atoms with Crippen LogP contribution < -0.4 is 0 Å². The minimum Gasteiger partial charge on any atom is -0.481 e. The van der Waals surface area contributed by atoms with Gasteiger partial charge in [-0.2, -0.15) is 0 Å². The molecule has 2 heterocycles. The molecule has 1 aromatic heterocycles. The molecule has 0 atom stereocenters. The summed E-state index contributed by atoms with van der Waals surface area (Å²) >= 11 is 1.58. The highest BCUT2D eigenvalue weighted by atomic mass is 32.1. The Morgan fingerprint density at radius 3 is 2.25 bits per heavy atom. The molecule has 3 rings (SSSR count). The number of aryl methyl sites for hydroxylation is 1. The number of thiophene rings is 1. The van der Waals surface area contributed by atoms with Gasteiger partial charge in [0.05, 0.1) is 11.0 Å². The zero-order valence-corrected chi connectivity index (χ0v) is 14.7. The van der Waals surface area contributed by atoms with E-state index in [2.05, 4.69) is 0 Å². The minimum absolute atomic E-state index is 0.0175. The second-order valence-electron chi connectivity index (χ2n) is 6.38. The minimum atomic E-state index is -0.891. The number of nitrogens with zero attached hydrogens (tertiary/aromatic N) is 1. The van der Waals surface area contributed by atoms with Crippen LogP contribution in [0.1, 0.15) is 39.2 Å². The second kappa shape index (κ2) is 6.40. The van der Waals surface area contributed by atoms with Crippen molar-refractivity contribution in [1.29, 1.82) is 0 Å². The molecule has 0 unspecified atom stereocenters. The van der Waals surface area contributed by atoms with Crippen LogP contribution in [0, 0.1) is 13.8 Å². The van der Waals surface area contributed by atoms with Gasteiger partial charge in [0, 0.05) is 23.3 Å². The molecule has 1 saturated heterocycles. The van der Waals surface area contributed by atoms with E-state index in [0.717, 1.165) is 21.6 Å². The Kier molecular flexibility index (Phi) is 4.45. The first-order chi connectivity index (χ1) is 11.5. The molecule has 126 valence electrons. The number of hydrogen-bond acceptors (Lipinski definition) is 3. The van der Waals surface area contributed by atoms with Crippen LogP contribution in [-0.4, -0.2) is 35.0 Å². The maximum Gasteiger partial charge on any atom is 0.314 e. The number of carbonyl (C=O) groups excluding carboxylic acids is 1. The monoisotopic (exact) mass is 343 g/mol. The summed E-state index contributed by atoms with van der Waals surface area (Å²) in [5.41, 5.74) is 1.72. The smallest absolute Gasteiger partial charge is 0.314 e. The van der Waals surface area contributed by atoms with E-state index in [1.54, 1.807) is 16.2 Å². The summed E-state index contributed by atoms with van der Waals surface area (Å²) in [6.45, 7) is 4.91. The van der Waals surface area contributed by atoms with Crippen molar-refractivity contribution in [1.82, 2.24) is 4.90 Å². The lowest BCUT2D eigenvalue weighted by Crippen LogP contribution is -2.49. The van der Waals surface area contributed by atoms with Crippen molar-refractivity contribution >= 4 is 23.2 Å². The summed E-state index contributed by atoms with van der Waals surface area (Å²) in [4.78, 5) is 27.7. The van der Waals surface area contributed by atoms with Crippen LogP contribution in [0.25, 0.3) is 0 Å². The van der Waals surface area contributed by atoms with Crippen molar-refractivity contribution < 1.29 is 14.7 Å². The first kappa shape index (κ1) is 16.7. The highest BCUT2D eigenvalue weighted by molar-refractivity contribution is 7.10. The zero-order valence-electron chi connectivity index (χ0n) is 13.9. The van der Waals surface area contributed by atoms with E-state index in [-0.39, 0.29) is 5.91 Å². The standard InChI is InChI=1S/C19H21NO3S/c1-13-14(2)24-12-16(13)17(21)20-10-8-19(9-11-20,18(22)23)15-6-4-3-5-7-15/h3-7,12H,8-11H2,1-2H3,(H,22,23). The summed E-state index contributed by atoms with van der Waals surface area (Å²) in [7, 11) is 0. The molecular weight excluding hydrogens is 322 g/mol. The normalized spacial score (nSPS) is 16.8. The zero-order chi connectivity index (χ0) is 17.3. The van der Waals surface area contributed by atoms with Crippen molar-refractivity contribution in [3.8, 4) is 0 Å². The van der Waals surface area contributed by atoms with Gasteiger partial charge in [-0.05, 0) is 37.8 Å². The summed E-state index contributed by atoms with van der Waals surface area (Å²) in [5, 5.41) is 11.7. The molecule has 1 N–H and O–H groups in total. The Morgan fingerprint density at radius 1 is 1.12 bits per heavy atom. The molecule has 0 aliphatic carbocycles. The largest absolute Gasteiger partial charge is 0.481 e. The van der Waals surface area contributed by atoms with Crippen LogP contribution >= 0.6 is 11.3 Å². The molecule has 0 radical (unpaired) electrons. The Balaban J connectivity index is 1.80. The summed E-state index contributed by atoms with van der Waals surface area (Å²) in [6.07, 6.45) is 0.889. The quantitative estimate of drug-likeness (QED) is 0.926. The number of amides is 1. The fourth-order valence-corrected chi connectivity index (χ4v) is 4.23. The second-order valence-corrected chi connectivity index (χ2v) is 7.46. The maximum atomic E-state index is 12.7. The van der Waals surface area contributed by atoms with Crippen molar-refractivity contribution in [2.45, 2.75) is 32.1 Å². The first-order valence-corrected chi connectivity index (χ1v) is 8.96. The molecule has 24 heavy (non-hydrogen) atoms. The Hall–Kier alpha value is -2.14. The number of carboxylic acids is 1. The Bertz CT molecular complexity index is 758. The Morgan fingerprint density at radius 2 is 1.75 bits per heavy atom. The van der Waals surface area contributed by atoms with Crippen LogP contribution in [0.3, 0.4) is 0 Å². The predicted octanol–water partition coefficient (Wildman–Crippen LogP) is 3.62. The molecule has 4 nitrogen and oxygen atoms in total. The molecule has 0 saturated carbocycles. The van der Waals surface area contributed by atoms with Crippen LogP contribution in [0.5, 0.6) is 0 Å². The van der Waals surface area contributed by atoms with Crippen molar-refractivity contribution in [2.24, 2.45) is 0 Å². The van der Waals surface area contributed by atoms with Gasteiger partial charge in [-0.15, -0.1) is 11.3 Å². The van der Waals surface area contributed by atoms with E-state index in [4.69, 9.17) is 0 Å². The number of likely N-dealkylation sites (tertiary alicyclic amines) is 1. The molecule has 1 fully saturated rings. The van der Waals surface area contributed by atoms with Crippen molar-refractivity contribution in [3.05, 3.63) is 57.3 Å². The van der Waals surface area contributed by atoms with Crippen LogP contribution in [0.15, 0.2) is 35.7 Å². The fourth-order valence-electron chi connectivity index (χ4n) is 3.37. The van der Waals surface area contributed by atoms with E-state index < -0.39 is 11.4 Å². The van der Waals surface area contributed by atoms with Crippen molar-refractivity contribution in [3.63, 3.8) is 0 Å². The third kappa shape index (κ3) is 2.73. The highest BCUT2D eigenvalue weighted by Crippen LogP contribution is 2.36. The molecule has 0 spiro atoms. The van der Waals surface area contributed by atoms with Crippen LogP contribution in [0.4, 0.5) is 0 Å². The number of carbonyl (C=O) groups is 2. The number of rotatable bonds is 3. The molecule has 2 aromatic rings. The number of carboxylic acid groups (broad SMARTS) is 1. The maximum absolute atomic E-state index is 12.7. The van der Waals surface area contributed by atoms with E-state index in [1.165, 1.54) is 0 Å². The van der Waals surface area contributed by atoms with Gasteiger partial charge in [-0.1, -0.05) is 30.3 Å². The average Bonchev–Trinajstić information content (AvgIpc) is 2.94. The van der Waals surface area contributed by atoms with Gasteiger partial charge in [0.25, 0.3) is 5.91 Å². The number of piperidine rings is 1. The average molecular weight is 343 g/mol. The summed E-state index contributed by atoms with van der Waals surface area (Å²) in [6, 6.07) is 9.37. The molecule has 1 amide bonds. The van der Waals surface area contributed by atoms with Gasteiger partial charge in [0.15, 0.2) is 0 Å². The lowest BCUT2D eigenvalue weighted by molar-refractivity contribution is -0.145. The van der Waals surface area contributed by atoms with E-state index >= 15 is 0 Å². The van der Waals surface area contributed by atoms with Gasteiger partial charge >= 0.3 is 5.97 Å². The van der Waals surface area contributed by atoms with Gasteiger partial charge in [-0.3, -0.25) is 9.59 Å². The number of aliphatic carboxylic acids is 1. The van der Waals surface area contributed by atoms with Crippen molar-refractivity contribution in [2.75, 3.05) is 13.1 Å². The highest BCUT2D eigenvalue weighted by Gasteiger charge is 2.44. The van der Waals surface area contributed by atoms with E-state index in [1.807, 2.05) is 49.6 Å². The van der Waals surface area contributed by atoms with E-state index in [0.29, 0.717) is 25.9 Å². The summed E-state index contributed by atoms with van der Waals surface area (Å²) in [5.74, 6) is -0.785. The molecular formula is C19H21NO3S. The molecule has 1 aliphatic heterocycles. The number of benzene rings is 1. The summed E-state index contributed by atoms with van der Waals surface area (Å²) < 4.78 is 0. The van der Waals surface area contributed by atoms with Crippen LogP contribution in [0.2, 0.25) is 0 Å². The SMILES string of the molecule is Cc1scc(C(=O)N2CCC(C(=O)O)(c3ccccc3)CC2)c1C. The Labute approximate surface area is 145 Å². The lowest BCUT2D eigenvalue weighted by Gasteiger charge is -2.39. The molecule has 0 bridgehead atoms. The molecule has 1 aromatic carbocycles. The third-order valence-corrected chi connectivity index (χ3v) is 6.17. The third-order valence-electron chi connectivity index (χ3n) is 5.16. The van der Waals surface area contributed by atoms with E-state index in [9.17, 15) is 14.7 Å². The predicted molar refractivity (Wildman–Crippen MR) is 94.7 cm³/mol. The molecule has 5 heteroatoms.